The molecular formula is C19H12BrClN4O. The summed E-state index contributed by atoms with van der Waals surface area (Å²) >= 11 is 9.24. The van der Waals surface area contributed by atoms with Crippen LogP contribution in [-0.4, -0.2) is 15.7 Å². The second-order valence-electron chi connectivity index (χ2n) is 5.30. The van der Waals surface area contributed by atoms with Crippen LogP contribution in [0, 0.1) is 11.3 Å². The minimum Gasteiger partial charge on any atom is -0.320 e. The highest BCUT2D eigenvalue weighted by molar-refractivity contribution is 9.10. The number of nitrogens with zero attached hydrogens (tertiary/aromatic N) is 3. The summed E-state index contributed by atoms with van der Waals surface area (Å²) in [5, 5.41) is 16.9. The van der Waals surface area contributed by atoms with Crippen LogP contribution in [-0.2, 0) is 4.79 Å². The summed E-state index contributed by atoms with van der Waals surface area (Å²) < 4.78 is 2.38. The van der Waals surface area contributed by atoms with Crippen molar-refractivity contribution in [3.8, 4) is 11.8 Å². The Labute approximate surface area is 163 Å². The van der Waals surface area contributed by atoms with Gasteiger partial charge < -0.3 is 5.32 Å². The summed E-state index contributed by atoms with van der Waals surface area (Å²) in [5.41, 5.74) is 2.04. The van der Waals surface area contributed by atoms with Crippen molar-refractivity contribution in [2.75, 3.05) is 5.32 Å². The number of carbonyl (C=O) groups is 1. The summed E-state index contributed by atoms with van der Waals surface area (Å²) in [6.45, 7) is 0. The van der Waals surface area contributed by atoms with Gasteiger partial charge in [-0.15, -0.1) is 0 Å². The minimum atomic E-state index is -0.487. The Hall–Kier alpha value is -2.88. The lowest BCUT2D eigenvalue weighted by Gasteiger charge is -2.05. The maximum absolute atomic E-state index is 12.3. The van der Waals surface area contributed by atoms with E-state index >= 15 is 0 Å². The molecule has 7 heteroatoms. The van der Waals surface area contributed by atoms with Crippen LogP contribution in [0.1, 0.15) is 5.56 Å². The van der Waals surface area contributed by atoms with E-state index in [0.29, 0.717) is 16.3 Å². The second-order valence-corrected chi connectivity index (χ2v) is 6.59. The Bertz CT molecular complexity index is 1020. The lowest BCUT2D eigenvalue weighted by atomic mass is 10.2. The molecular weight excluding hydrogens is 416 g/mol. The van der Waals surface area contributed by atoms with Crippen molar-refractivity contribution in [3.63, 3.8) is 0 Å². The first-order valence-corrected chi connectivity index (χ1v) is 8.72. The first kappa shape index (κ1) is 17.9. The number of halogens is 2. The number of carbonyl (C=O) groups excluding carboxylic acids is 1. The molecule has 26 heavy (non-hydrogen) atoms. The van der Waals surface area contributed by atoms with Crippen LogP contribution in [0.5, 0.6) is 0 Å². The molecule has 0 aliphatic heterocycles. The van der Waals surface area contributed by atoms with Crippen molar-refractivity contribution in [3.05, 3.63) is 81.6 Å². The number of amides is 1. The molecule has 5 nitrogen and oxygen atoms in total. The van der Waals surface area contributed by atoms with Gasteiger partial charge in [-0.05, 0) is 58.4 Å². The standard InChI is InChI=1S/C19H12BrClN4O/c20-17-3-1-2-4-18(17)24-19(26)14(10-22)9-13-11-23-25(12-13)16-7-5-15(21)6-8-16/h1-9,11-12H,(H,24,26). The Morgan fingerprint density at radius 2 is 1.96 bits per heavy atom. The van der Waals surface area contributed by atoms with Gasteiger partial charge >= 0.3 is 0 Å². The van der Waals surface area contributed by atoms with E-state index in [1.165, 1.54) is 6.08 Å². The van der Waals surface area contributed by atoms with Crippen LogP contribution >= 0.6 is 27.5 Å². The van der Waals surface area contributed by atoms with Crippen molar-refractivity contribution >= 4 is 45.2 Å². The zero-order valence-electron chi connectivity index (χ0n) is 13.4. The highest BCUT2D eigenvalue weighted by Gasteiger charge is 2.11. The van der Waals surface area contributed by atoms with E-state index in [4.69, 9.17) is 11.6 Å². The van der Waals surface area contributed by atoms with Crippen LogP contribution in [0.4, 0.5) is 5.69 Å². The molecule has 0 saturated carbocycles. The lowest BCUT2D eigenvalue weighted by Crippen LogP contribution is -2.13. The highest BCUT2D eigenvalue weighted by atomic mass is 79.9. The molecule has 0 saturated heterocycles. The summed E-state index contributed by atoms with van der Waals surface area (Å²) in [7, 11) is 0. The van der Waals surface area contributed by atoms with Crippen LogP contribution in [0.3, 0.4) is 0 Å². The minimum absolute atomic E-state index is 0.0172. The number of nitriles is 1. The van der Waals surface area contributed by atoms with Crippen LogP contribution in [0.2, 0.25) is 5.02 Å². The molecule has 0 aliphatic carbocycles. The van der Waals surface area contributed by atoms with E-state index in [2.05, 4.69) is 26.3 Å². The molecule has 0 fully saturated rings. The highest BCUT2D eigenvalue weighted by Crippen LogP contribution is 2.22. The number of anilines is 1. The molecule has 0 spiro atoms. The fourth-order valence-corrected chi connectivity index (χ4v) is 2.72. The maximum atomic E-state index is 12.3. The predicted octanol–water partition coefficient (Wildman–Crippen LogP) is 4.83. The average Bonchev–Trinajstić information content (AvgIpc) is 3.10. The van der Waals surface area contributed by atoms with Crippen molar-refractivity contribution in [1.82, 2.24) is 9.78 Å². The van der Waals surface area contributed by atoms with Crippen LogP contribution < -0.4 is 5.32 Å². The Morgan fingerprint density at radius 1 is 1.23 bits per heavy atom. The van der Waals surface area contributed by atoms with E-state index in [1.807, 2.05) is 30.3 Å². The van der Waals surface area contributed by atoms with Crippen LogP contribution in [0.25, 0.3) is 11.8 Å². The topological polar surface area (TPSA) is 70.7 Å². The molecule has 1 heterocycles. The number of hydrogen-bond donors (Lipinski definition) is 1. The average molecular weight is 428 g/mol. The molecule has 3 rings (SSSR count). The monoisotopic (exact) mass is 426 g/mol. The molecule has 1 N–H and O–H groups in total. The van der Waals surface area contributed by atoms with E-state index in [-0.39, 0.29) is 5.57 Å². The van der Waals surface area contributed by atoms with Crippen molar-refractivity contribution in [2.45, 2.75) is 0 Å². The SMILES string of the molecule is N#CC(=Cc1cnn(-c2ccc(Cl)cc2)c1)C(=O)Nc1ccccc1Br. The third-order valence-corrected chi connectivity index (χ3v) is 4.44. The van der Waals surface area contributed by atoms with Gasteiger partial charge in [0.2, 0.25) is 0 Å². The Kier molecular flexibility index (Phi) is 5.52. The smallest absolute Gasteiger partial charge is 0.266 e. The Balaban J connectivity index is 1.81. The summed E-state index contributed by atoms with van der Waals surface area (Å²) in [5.74, 6) is -0.487. The predicted molar refractivity (Wildman–Crippen MR) is 105 cm³/mol. The van der Waals surface area contributed by atoms with Gasteiger partial charge in [0.25, 0.3) is 5.91 Å². The second kappa shape index (κ2) is 8.00. The Morgan fingerprint density at radius 3 is 2.65 bits per heavy atom. The molecule has 1 aromatic heterocycles. The molecule has 0 radical (unpaired) electrons. The summed E-state index contributed by atoms with van der Waals surface area (Å²) in [4.78, 5) is 12.3. The van der Waals surface area contributed by atoms with Gasteiger partial charge in [0.05, 0.1) is 17.6 Å². The van der Waals surface area contributed by atoms with Crippen molar-refractivity contribution in [1.29, 1.82) is 5.26 Å². The zero-order chi connectivity index (χ0) is 18.5. The van der Waals surface area contributed by atoms with Gasteiger partial charge in [0, 0.05) is 21.3 Å². The quantitative estimate of drug-likeness (QED) is 0.479. The molecule has 1 amide bonds. The van der Waals surface area contributed by atoms with Gasteiger partial charge in [0.1, 0.15) is 11.6 Å². The molecule has 2 aromatic carbocycles. The fourth-order valence-electron chi connectivity index (χ4n) is 2.21. The normalized spacial score (nSPS) is 11.0. The van der Waals surface area contributed by atoms with Crippen LogP contribution in [0.15, 0.2) is 71.0 Å². The first-order chi connectivity index (χ1) is 12.6. The number of para-hydroxylation sites is 1. The third kappa shape index (κ3) is 4.20. The van der Waals surface area contributed by atoms with E-state index < -0.39 is 5.91 Å². The summed E-state index contributed by atoms with van der Waals surface area (Å²) in [6, 6.07) is 16.3. The third-order valence-electron chi connectivity index (χ3n) is 3.49. The number of aromatic nitrogens is 2. The first-order valence-electron chi connectivity index (χ1n) is 7.55. The van der Waals surface area contributed by atoms with Gasteiger partial charge in [-0.2, -0.15) is 10.4 Å². The van der Waals surface area contributed by atoms with Crippen molar-refractivity contribution < 1.29 is 4.79 Å². The largest absolute Gasteiger partial charge is 0.320 e. The molecule has 128 valence electrons. The number of hydrogen-bond acceptors (Lipinski definition) is 3. The lowest BCUT2D eigenvalue weighted by molar-refractivity contribution is -0.112. The fraction of sp³-hybridized carbons (Fsp3) is 0. The molecule has 3 aromatic rings. The molecule has 0 bridgehead atoms. The maximum Gasteiger partial charge on any atom is 0.266 e. The zero-order valence-corrected chi connectivity index (χ0v) is 15.7. The van der Waals surface area contributed by atoms with Gasteiger partial charge in [0.15, 0.2) is 0 Å². The number of rotatable bonds is 4. The van der Waals surface area contributed by atoms with E-state index in [0.717, 1.165) is 10.2 Å². The van der Waals surface area contributed by atoms with E-state index in [9.17, 15) is 10.1 Å². The van der Waals surface area contributed by atoms with Crippen molar-refractivity contribution in [2.24, 2.45) is 0 Å². The van der Waals surface area contributed by atoms with E-state index in [1.54, 1.807) is 41.3 Å². The number of benzene rings is 2. The van der Waals surface area contributed by atoms with Gasteiger partial charge in [-0.1, -0.05) is 23.7 Å². The van der Waals surface area contributed by atoms with Gasteiger partial charge in [-0.25, -0.2) is 4.68 Å². The van der Waals surface area contributed by atoms with Gasteiger partial charge in [-0.3, -0.25) is 4.79 Å². The number of nitrogens with one attached hydrogen (secondary N) is 1. The summed E-state index contributed by atoms with van der Waals surface area (Å²) in [6.07, 6.45) is 4.80. The molecule has 0 atom stereocenters. The molecule has 0 aliphatic rings. The molecule has 0 unspecified atom stereocenters.